The normalized spacial score (nSPS) is 14.4. The lowest BCUT2D eigenvalue weighted by atomic mass is 10.0. The Morgan fingerprint density at radius 1 is 0.581 bits per heavy atom. The Morgan fingerprint density at radius 2 is 0.919 bits per heavy atom. The van der Waals surface area contributed by atoms with Gasteiger partial charge in [0, 0.05) is 19.4 Å². The van der Waals surface area contributed by atoms with E-state index in [0.717, 1.165) is 0 Å². The van der Waals surface area contributed by atoms with E-state index in [0.29, 0.717) is 17.5 Å². The Balaban J connectivity index is 2.35. The van der Waals surface area contributed by atoms with Crippen molar-refractivity contribution in [2.75, 3.05) is 26.4 Å². The first-order chi connectivity index (χ1) is 29.3. The highest BCUT2D eigenvalue weighted by molar-refractivity contribution is 5.97. The number of guanidine groups is 1. The van der Waals surface area contributed by atoms with E-state index in [4.69, 9.17) is 16.9 Å². The van der Waals surface area contributed by atoms with Crippen LogP contribution < -0.4 is 48.7 Å². The first-order valence-corrected chi connectivity index (χ1v) is 19.5. The second-order valence-corrected chi connectivity index (χ2v) is 14.7. The molecule has 6 amide bonds. The van der Waals surface area contributed by atoms with E-state index in [-0.39, 0.29) is 55.6 Å². The molecule has 0 aliphatic carbocycles. The number of hydrogen-bond acceptors (Lipinski definition) is 14. The van der Waals surface area contributed by atoms with Gasteiger partial charge in [0.2, 0.25) is 35.4 Å². The maximum absolute atomic E-state index is 14.1. The lowest BCUT2D eigenvalue weighted by Gasteiger charge is -2.27. The van der Waals surface area contributed by atoms with Gasteiger partial charge in [-0.1, -0.05) is 38.1 Å². The Kier molecular flexibility index (Phi) is 21.6. The predicted molar refractivity (Wildman–Crippen MR) is 221 cm³/mol. The van der Waals surface area contributed by atoms with Crippen LogP contribution in [0.2, 0.25) is 0 Å². The Morgan fingerprint density at radius 3 is 1.26 bits per heavy atom. The largest absolute Gasteiger partial charge is 0.508 e. The van der Waals surface area contributed by atoms with Gasteiger partial charge in [0.05, 0.1) is 25.9 Å². The molecule has 0 aromatic heterocycles. The van der Waals surface area contributed by atoms with E-state index in [1.165, 1.54) is 48.5 Å². The first kappa shape index (κ1) is 51.6. The minimum Gasteiger partial charge on any atom is -0.508 e. The van der Waals surface area contributed by atoms with E-state index < -0.39 is 104 Å². The van der Waals surface area contributed by atoms with Crippen LogP contribution in [0.4, 0.5) is 0 Å². The molecule has 0 heterocycles. The van der Waals surface area contributed by atoms with Crippen LogP contribution in [-0.4, -0.2) is 147 Å². The molecular weight excluding hydrogens is 816 g/mol. The molecule has 62 heavy (non-hydrogen) atoms. The molecule has 342 valence electrons. The lowest BCUT2D eigenvalue weighted by molar-refractivity contribution is -0.143. The average molecular weight is 875 g/mol. The summed E-state index contributed by atoms with van der Waals surface area (Å²) in [6, 6.07) is 0.321. The second kappa shape index (κ2) is 25.9. The minimum atomic E-state index is -1.76. The third-order valence-electron chi connectivity index (χ3n) is 9.13. The third kappa shape index (κ3) is 18.0. The molecule has 0 aliphatic heterocycles. The Bertz CT molecular complexity index is 1830. The van der Waals surface area contributed by atoms with E-state index in [9.17, 15) is 64.2 Å². The zero-order valence-electron chi connectivity index (χ0n) is 34.3. The molecular formula is C39H58N10O13. The van der Waals surface area contributed by atoms with E-state index >= 15 is 0 Å². The fourth-order valence-corrected chi connectivity index (χ4v) is 5.75. The van der Waals surface area contributed by atoms with Crippen molar-refractivity contribution in [1.29, 1.82) is 5.41 Å². The van der Waals surface area contributed by atoms with Gasteiger partial charge < -0.3 is 79.3 Å². The third-order valence-corrected chi connectivity index (χ3v) is 9.13. The average Bonchev–Trinajstić information content (AvgIpc) is 3.22. The quantitative estimate of drug-likeness (QED) is 0.0241. The van der Waals surface area contributed by atoms with Gasteiger partial charge in [-0.15, -0.1) is 0 Å². The highest BCUT2D eigenvalue weighted by atomic mass is 16.4. The number of carbonyl (C=O) groups excluding carboxylic acids is 6. The number of phenolic OH excluding ortho intramolecular Hbond substituents is 2. The number of aliphatic hydroxyl groups is 3. The van der Waals surface area contributed by atoms with E-state index in [1.54, 1.807) is 13.8 Å². The molecule has 7 atom stereocenters. The standard InChI is InChI=1S/C39H58N10O13/c1-20(2)14-28(38(61)62)46-36(59)31(19-52)48-34(57)27(16-22-7-11-24(54)12-8-22)44-33(56)26(15-21-5-9-23(53)10-6-21)45-35(58)30(18-51)49-37(60)29(17-50)47-32(55)25(40)4-3-13-43-39(41)42/h5-12,20,25-31,50-54H,3-4,13-19,40H2,1-2H3,(H,44,56)(H,45,58)(H,46,59)(H,47,55)(H,48,57)(H,49,60)(H,61,62)(H4,41,42,43)/t25-,26-,27-,28-,29-,30-,31-/m0/s1. The second-order valence-electron chi connectivity index (χ2n) is 14.7. The number of nitrogens with two attached hydrogens (primary N) is 2. The van der Waals surface area contributed by atoms with Crippen LogP contribution in [0, 0.1) is 11.3 Å². The molecule has 23 nitrogen and oxygen atoms in total. The Hall–Kier alpha value is -6.56. The molecule has 2 aromatic carbocycles. The monoisotopic (exact) mass is 874 g/mol. The first-order valence-electron chi connectivity index (χ1n) is 19.5. The molecule has 2 rings (SSSR count). The van der Waals surface area contributed by atoms with Gasteiger partial charge in [-0.3, -0.25) is 34.2 Å². The van der Waals surface area contributed by atoms with Crippen molar-refractivity contribution in [2.24, 2.45) is 17.4 Å². The summed E-state index contributed by atoms with van der Waals surface area (Å²) in [4.78, 5) is 92.0. The summed E-state index contributed by atoms with van der Waals surface area (Å²) in [5, 5.41) is 82.9. The minimum absolute atomic E-state index is 0.0397. The summed E-state index contributed by atoms with van der Waals surface area (Å²) in [6.07, 6.45) is -0.0890. The van der Waals surface area contributed by atoms with Gasteiger partial charge in [0.25, 0.3) is 0 Å². The number of carboxylic acids is 1. The fraction of sp³-hybridized carbons (Fsp3) is 0.487. The molecule has 0 saturated carbocycles. The van der Waals surface area contributed by atoms with Gasteiger partial charge in [-0.05, 0) is 60.6 Å². The smallest absolute Gasteiger partial charge is 0.326 e. The van der Waals surface area contributed by atoms with Crippen molar-refractivity contribution in [2.45, 2.75) is 88.2 Å². The van der Waals surface area contributed by atoms with Gasteiger partial charge in [0.1, 0.15) is 47.8 Å². The van der Waals surface area contributed by atoms with Crippen LogP contribution >= 0.6 is 0 Å². The van der Waals surface area contributed by atoms with Gasteiger partial charge in [0.15, 0.2) is 5.96 Å². The Labute approximate surface area is 356 Å². The highest BCUT2D eigenvalue weighted by Crippen LogP contribution is 2.14. The molecule has 0 fully saturated rings. The maximum Gasteiger partial charge on any atom is 0.326 e. The van der Waals surface area contributed by atoms with Gasteiger partial charge in [-0.2, -0.15) is 0 Å². The summed E-state index contributed by atoms with van der Waals surface area (Å²) < 4.78 is 0. The summed E-state index contributed by atoms with van der Waals surface area (Å²) in [5.74, 6) is -8.10. The topological polar surface area (TPSA) is 401 Å². The molecule has 0 radical (unpaired) electrons. The molecule has 0 aliphatic rings. The van der Waals surface area contributed by atoms with Crippen LogP contribution in [0.25, 0.3) is 0 Å². The van der Waals surface area contributed by atoms with Crippen molar-refractivity contribution in [3.8, 4) is 11.5 Å². The van der Waals surface area contributed by atoms with Crippen molar-refractivity contribution < 1.29 is 64.2 Å². The maximum atomic E-state index is 14.1. The van der Waals surface area contributed by atoms with Crippen molar-refractivity contribution in [3.05, 3.63) is 59.7 Å². The SMILES string of the molecule is CC(C)C[C@H](NC(=O)[C@H](CO)NC(=O)[C@H](Cc1ccc(O)cc1)NC(=O)[C@H](Cc1ccc(O)cc1)NC(=O)[C@H](CO)NC(=O)[C@H](CO)NC(=O)[C@@H](N)CCCNC(=N)N)C(=O)O. The molecule has 23 heteroatoms. The molecule has 0 unspecified atom stereocenters. The molecule has 0 bridgehead atoms. The number of hydrogen-bond donors (Lipinski definition) is 16. The number of aliphatic hydroxyl groups excluding tert-OH is 3. The van der Waals surface area contributed by atoms with Gasteiger partial charge in [-0.25, -0.2) is 4.79 Å². The summed E-state index contributed by atoms with van der Waals surface area (Å²) in [6.45, 7) is 0.765. The van der Waals surface area contributed by atoms with Crippen molar-refractivity contribution in [3.63, 3.8) is 0 Å². The summed E-state index contributed by atoms with van der Waals surface area (Å²) in [5.41, 5.74) is 11.9. The molecule has 18 N–H and O–H groups in total. The van der Waals surface area contributed by atoms with Crippen LogP contribution in [0.3, 0.4) is 0 Å². The number of carboxylic acid groups (broad SMARTS) is 1. The lowest BCUT2D eigenvalue weighted by Crippen LogP contribution is -2.61. The van der Waals surface area contributed by atoms with Crippen molar-refractivity contribution >= 4 is 47.4 Å². The van der Waals surface area contributed by atoms with Gasteiger partial charge >= 0.3 is 5.97 Å². The number of amides is 6. The number of carbonyl (C=O) groups is 7. The highest BCUT2D eigenvalue weighted by Gasteiger charge is 2.34. The number of aliphatic carboxylic acids is 1. The predicted octanol–water partition coefficient (Wildman–Crippen LogP) is -4.51. The number of rotatable bonds is 26. The zero-order valence-corrected chi connectivity index (χ0v) is 34.3. The molecule has 0 spiro atoms. The van der Waals surface area contributed by atoms with Crippen LogP contribution in [0.5, 0.6) is 11.5 Å². The fourth-order valence-electron chi connectivity index (χ4n) is 5.75. The number of nitrogens with one attached hydrogen (secondary N) is 8. The summed E-state index contributed by atoms with van der Waals surface area (Å²) in [7, 11) is 0. The molecule has 2 aromatic rings. The summed E-state index contributed by atoms with van der Waals surface area (Å²) >= 11 is 0. The number of phenols is 2. The number of aromatic hydroxyl groups is 2. The van der Waals surface area contributed by atoms with Crippen LogP contribution in [-0.2, 0) is 46.4 Å². The molecule has 0 saturated heterocycles. The van der Waals surface area contributed by atoms with Crippen molar-refractivity contribution in [1.82, 2.24) is 37.2 Å². The number of benzene rings is 2. The zero-order chi connectivity index (χ0) is 46.5. The van der Waals surface area contributed by atoms with Crippen LogP contribution in [0.15, 0.2) is 48.5 Å². The van der Waals surface area contributed by atoms with E-state index in [2.05, 4.69) is 37.2 Å². The van der Waals surface area contributed by atoms with Crippen LogP contribution in [0.1, 0.15) is 44.2 Å². The van der Waals surface area contributed by atoms with E-state index in [1.807, 2.05) is 0 Å².